The quantitative estimate of drug-likeness (QED) is 0.835. The summed E-state index contributed by atoms with van der Waals surface area (Å²) in [5.74, 6) is 0. The van der Waals surface area contributed by atoms with Crippen molar-refractivity contribution in [2.45, 2.75) is 32.7 Å². The van der Waals surface area contributed by atoms with E-state index in [1.165, 1.54) is 18.4 Å². The molecule has 0 spiro atoms. The third-order valence-electron chi connectivity index (χ3n) is 5.91. The highest BCUT2D eigenvalue weighted by Gasteiger charge is 2.44. The van der Waals surface area contributed by atoms with Crippen molar-refractivity contribution in [2.24, 2.45) is 5.41 Å². The first kappa shape index (κ1) is 16.7. The van der Waals surface area contributed by atoms with Gasteiger partial charge in [-0.15, -0.1) is 0 Å². The van der Waals surface area contributed by atoms with E-state index >= 15 is 0 Å². The molecule has 25 heavy (non-hydrogen) atoms. The summed E-state index contributed by atoms with van der Waals surface area (Å²) in [5.41, 5.74) is 2.40. The van der Waals surface area contributed by atoms with E-state index in [-0.39, 0.29) is 11.0 Å². The lowest BCUT2D eigenvalue weighted by atomic mass is 10.1. The maximum absolute atomic E-state index is 12.9. The summed E-state index contributed by atoms with van der Waals surface area (Å²) in [4.78, 5) is 22.4. The summed E-state index contributed by atoms with van der Waals surface area (Å²) in [5, 5.41) is 0.761. The van der Waals surface area contributed by atoms with Gasteiger partial charge in [-0.2, -0.15) is 0 Å². The minimum absolute atomic E-state index is 0.116. The van der Waals surface area contributed by atoms with Crippen LogP contribution in [0.2, 0.25) is 0 Å². The van der Waals surface area contributed by atoms with Gasteiger partial charge in [0, 0.05) is 44.7 Å². The topological polar surface area (TPSA) is 41.4 Å². The first-order valence-corrected chi connectivity index (χ1v) is 9.48. The lowest BCUT2D eigenvalue weighted by Crippen LogP contribution is -2.47. The highest BCUT2D eigenvalue weighted by molar-refractivity contribution is 5.78. The minimum Gasteiger partial charge on any atom is -0.304 e. The molecule has 134 valence electrons. The molecule has 0 N–H and O–H groups in total. The van der Waals surface area contributed by atoms with Crippen molar-refractivity contribution < 1.29 is 0 Å². The predicted molar refractivity (Wildman–Crippen MR) is 101 cm³/mol. The smallest absolute Gasteiger partial charge is 0.261 e. The molecule has 1 aliphatic heterocycles. The number of likely N-dealkylation sites (N-methyl/N-ethyl adjacent to an activating group) is 1. The van der Waals surface area contributed by atoms with E-state index in [4.69, 9.17) is 0 Å². The number of aromatic nitrogens is 2. The molecule has 5 nitrogen and oxygen atoms in total. The van der Waals surface area contributed by atoms with E-state index in [2.05, 4.69) is 34.8 Å². The fourth-order valence-corrected chi connectivity index (χ4v) is 3.92. The molecule has 1 saturated carbocycles. The summed E-state index contributed by atoms with van der Waals surface area (Å²) in [7, 11) is 2.19. The molecule has 1 aliphatic carbocycles. The lowest BCUT2D eigenvalue weighted by Gasteiger charge is -2.35. The largest absolute Gasteiger partial charge is 0.304 e. The van der Waals surface area contributed by atoms with E-state index in [0.717, 1.165) is 56.6 Å². The van der Waals surface area contributed by atoms with Crippen molar-refractivity contribution >= 4 is 10.9 Å². The summed E-state index contributed by atoms with van der Waals surface area (Å²) >= 11 is 0. The van der Waals surface area contributed by atoms with Crippen LogP contribution in [0.1, 0.15) is 25.3 Å². The maximum Gasteiger partial charge on any atom is 0.261 e. The van der Waals surface area contributed by atoms with Crippen LogP contribution < -0.4 is 5.56 Å². The maximum atomic E-state index is 12.9. The Balaban J connectivity index is 1.54. The molecule has 1 saturated heterocycles. The third-order valence-corrected chi connectivity index (χ3v) is 5.91. The number of nitrogens with zero attached hydrogens (tertiary/aromatic N) is 4. The lowest BCUT2D eigenvalue weighted by molar-refractivity contribution is 0.125. The molecule has 2 aliphatic rings. The van der Waals surface area contributed by atoms with Crippen LogP contribution in [-0.2, 0) is 13.0 Å². The van der Waals surface area contributed by atoms with Gasteiger partial charge in [-0.3, -0.25) is 9.36 Å². The molecule has 5 heteroatoms. The van der Waals surface area contributed by atoms with E-state index in [0.29, 0.717) is 0 Å². The molecule has 0 amide bonds. The molecular formula is C20H28N4O. The molecule has 0 bridgehead atoms. The van der Waals surface area contributed by atoms with E-state index in [1.54, 1.807) is 6.33 Å². The molecule has 4 rings (SSSR count). The van der Waals surface area contributed by atoms with E-state index < -0.39 is 0 Å². The summed E-state index contributed by atoms with van der Waals surface area (Å²) in [6, 6.07) is 6.05. The molecule has 2 heterocycles. The zero-order valence-corrected chi connectivity index (χ0v) is 15.4. The van der Waals surface area contributed by atoms with Crippen molar-refractivity contribution in [3.05, 3.63) is 40.4 Å². The van der Waals surface area contributed by atoms with Gasteiger partial charge in [0.05, 0.1) is 17.2 Å². The van der Waals surface area contributed by atoms with Gasteiger partial charge in [0.2, 0.25) is 0 Å². The highest BCUT2D eigenvalue weighted by atomic mass is 16.1. The number of fused-ring (bicyclic) bond motifs is 1. The Morgan fingerprint density at radius 3 is 2.56 bits per heavy atom. The Hall–Kier alpha value is -1.72. The average Bonchev–Trinajstić information content (AvgIpc) is 3.38. The Kier molecular flexibility index (Phi) is 4.38. The van der Waals surface area contributed by atoms with Gasteiger partial charge in [-0.1, -0.05) is 13.0 Å². The van der Waals surface area contributed by atoms with Gasteiger partial charge < -0.3 is 9.80 Å². The number of hydrogen-bond acceptors (Lipinski definition) is 4. The van der Waals surface area contributed by atoms with Crippen molar-refractivity contribution in [3.63, 3.8) is 0 Å². The van der Waals surface area contributed by atoms with Crippen molar-refractivity contribution in [2.75, 3.05) is 39.8 Å². The zero-order chi connectivity index (χ0) is 17.4. The van der Waals surface area contributed by atoms with Crippen molar-refractivity contribution in [1.29, 1.82) is 0 Å². The van der Waals surface area contributed by atoms with Gasteiger partial charge >= 0.3 is 0 Å². The van der Waals surface area contributed by atoms with Crippen molar-refractivity contribution in [1.82, 2.24) is 19.4 Å². The number of rotatable bonds is 5. The SMILES string of the molecule is CCc1ccc2ncn(CC3(CN4CCN(C)CC4)CC3)c(=O)c2c1. The first-order valence-electron chi connectivity index (χ1n) is 9.48. The monoisotopic (exact) mass is 340 g/mol. The normalized spacial score (nSPS) is 20.9. The molecule has 1 aromatic carbocycles. The van der Waals surface area contributed by atoms with Crippen LogP contribution >= 0.6 is 0 Å². The standard InChI is InChI=1S/C20H28N4O/c1-3-16-4-5-18-17(12-16)19(25)24(15-21-18)14-20(6-7-20)13-23-10-8-22(2)9-11-23/h4-5,12,15H,3,6-11,13-14H2,1-2H3. The second-order valence-electron chi connectivity index (χ2n) is 7.96. The van der Waals surface area contributed by atoms with Gasteiger partial charge in [-0.05, 0) is 44.0 Å². The number of aryl methyl sites for hydroxylation is 1. The Bertz CT molecular complexity index is 816. The molecule has 2 fully saturated rings. The van der Waals surface area contributed by atoms with Crippen LogP contribution in [0.3, 0.4) is 0 Å². The van der Waals surface area contributed by atoms with Crippen LogP contribution in [0.4, 0.5) is 0 Å². The molecule has 2 aromatic rings. The van der Waals surface area contributed by atoms with Gasteiger partial charge in [-0.25, -0.2) is 4.98 Å². The zero-order valence-electron chi connectivity index (χ0n) is 15.4. The molecule has 0 unspecified atom stereocenters. The van der Waals surface area contributed by atoms with Crippen LogP contribution in [0.15, 0.2) is 29.3 Å². The Morgan fingerprint density at radius 1 is 1.12 bits per heavy atom. The number of benzene rings is 1. The molecule has 1 aromatic heterocycles. The predicted octanol–water partition coefficient (Wildman–Crippen LogP) is 1.99. The first-order chi connectivity index (χ1) is 12.1. The molecule has 0 radical (unpaired) electrons. The Labute approximate surface area is 149 Å². The Morgan fingerprint density at radius 2 is 1.88 bits per heavy atom. The van der Waals surface area contributed by atoms with Gasteiger partial charge in [0.25, 0.3) is 5.56 Å². The molecule has 0 atom stereocenters. The van der Waals surface area contributed by atoms with Gasteiger partial charge in [0.15, 0.2) is 0 Å². The van der Waals surface area contributed by atoms with Crippen LogP contribution in [0, 0.1) is 5.41 Å². The van der Waals surface area contributed by atoms with Crippen LogP contribution in [0.25, 0.3) is 10.9 Å². The highest BCUT2D eigenvalue weighted by Crippen LogP contribution is 2.47. The molecular weight excluding hydrogens is 312 g/mol. The fourth-order valence-electron chi connectivity index (χ4n) is 3.92. The van der Waals surface area contributed by atoms with Gasteiger partial charge in [0.1, 0.15) is 0 Å². The summed E-state index contributed by atoms with van der Waals surface area (Å²) in [6.07, 6.45) is 5.13. The fraction of sp³-hybridized carbons (Fsp3) is 0.600. The van der Waals surface area contributed by atoms with E-state index in [9.17, 15) is 4.79 Å². The number of piperazine rings is 1. The summed E-state index contributed by atoms with van der Waals surface area (Å²) in [6.45, 7) is 8.61. The van der Waals surface area contributed by atoms with E-state index in [1.807, 2.05) is 16.7 Å². The number of hydrogen-bond donors (Lipinski definition) is 0. The van der Waals surface area contributed by atoms with Crippen LogP contribution in [0.5, 0.6) is 0 Å². The van der Waals surface area contributed by atoms with Crippen LogP contribution in [-0.4, -0.2) is 59.1 Å². The second-order valence-corrected chi connectivity index (χ2v) is 7.96. The minimum atomic E-state index is 0.116. The van der Waals surface area contributed by atoms with Crippen molar-refractivity contribution in [3.8, 4) is 0 Å². The summed E-state index contributed by atoms with van der Waals surface area (Å²) < 4.78 is 1.85. The third kappa shape index (κ3) is 3.48. The average molecular weight is 340 g/mol. The second kappa shape index (κ2) is 6.54.